The molecule has 0 saturated heterocycles. The quantitative estimate of drug-likeness (QED) is 0.0907. The molecular formula is C56H42N2. The maximum atomic E-state index is 6.02. The summed E-state index contributed by atoms with van der Waals surface area (Å²) in [5.74, 6) is 2.82. The van der Waals surface area contributed by atoms with Crippen molar-refractivity contribution in [1.29, 1.82) is 0 Å². The van der Waals surface area contributed by atoms with Crippen molar-refractivity contribution >= 4 is 49.2 Å². The highest BCUT2D eigenvalue weighted by molar-refractivity contribution is 6.25. The minimum atomic E-state index is 0.828. The molecule has 2 heteroatoms. The fraction of sp³-hybridized carbons (Fsp3) is 0.0714. The molecule has 0 bridgehead atoms. The number of fused-ring (bicyclic) bond motifs is 6. The summed E-state index contributed by atoms with van der Waals surface area (Å²) in [7, 11) is 0. The average molecular weight is 743 g/mol. The van der Waals surface area contributed by atoms with Gasteiger partial charge < -0.3 is 0 Å². The maximum Gasteiger partial charge on any atom is 0.0718 e. The number of benzene rings is 7. The lowest BCUT2D eigenvalue weighted by molar-refractivity contribution is 0.895. The molecule has 2 nitrogen and oxygen atoms in total. The zero-order chi connectivity index (χ0) is 39.3. The van der Waals surface area contributed by atoms with Gasteiger partial charge in [0.2, 0.25) is 0 Å². The first-order valence-electron chi connectivity index (χ1n) is 20.0. The Hall–Kier alpha value is -7.34. The molecule has 58 heavy (non-hydrogen) atoms. The lowest BCUT2D eigenvalue weighted by atomic mass is 9.92. The van der Waals surface area contributed by atoms with E-state index in [1.165, 1.54) is 54.6 Å². The molecule has 2 heterocycles. The van der Waals surface area contributed by atoms with Crippen LogP contribution in [0.5, 0.6) is 0 Å². The number of nitrogens with zero attached hydrogens (tertiary/aromatic N) is 2. The van der Waals surface area contributed by atoms with E-state index < -0.39 is 0 Å². The van der Waals surface area contributed by atoms with Crippen molar-refractivity contribution in [2.24, 2.45) is 4.99 Å². The SMILES string of the molecule is C#C/C=C(\C=C(/C)c1cccnc1)C1=C\C(c2ccc(-c3ccccc3)cc2)=C/CCCC(c2ccc(-c3ccc4c5ccccc5c5ccccc5c4c3)cc2)=N\1. The van der Waals surface area contributed by atoms with Crippen molar-refractivity contribution in [1.82, 2.24) is 4.98 Å². The number of terminal acetylenes is 1. The lowest BCUT2D eigenvalue weighted by Gasteiger charge is -2.13. The monoisotopic (exact) mass is 742 g/mol. The van der Waals surface area contributed by atoms with Crippen LogP contribution in [0, 0.1) is 12.3 Å². The summed E-state index contributed by atoms with van der Waals surface area (Å²) in [5, 5.41) is 7.68. The predicted octanol–water partition coefficient (Wildman–Crippen LogP) is 14.5. The Bertz CT molecular complexity index is 2950. The van der Waals surface area contributed by atoms with Crippen LogP contribution in [0.25, 0.3) is 65.7 Å². The van der Waals surface area contributed by atoms with Gasteiger partial charge in [0.25, 0.3) is 0 Å². The summed E-state index contributed by atoms with van der Waals surface area (Å²) in [6.07, 6.45) is 20.9. The van der Waals surface area contributed by atoms with Crippen molar-refractivity contribution in [2.45, 2.75) is 26.2 Å². The summed E-state index contributed by atoms with van der Waals surface area (Å²) in [6, 6.07) is 56.6. The van der Waals surface area contributed by atoms with Gasteiger partial charge in [0.05, 0.1) is 5.70 Å². The van der Waals surface area contributed by atoms with Gasteiger partial charge in [-0.25, -0.2) is 0 Å². The summed E-state index contributed by atoms with van der Waals surface area (Å²) < 4.78 is 0. The van der Waals surface area contributed by atoms with Gasteiger partial charge in [-0.1, -0.05) is 158 Å². The molecule has 7 aromatic carbocycles. The van der Waals surface area contributed by atoms with Crippen molar-refractivity contribution < 1.29 is 0 Å². The smallest absolute Gasteiger partial charge is 0.0718 e. The second-order valence-corrected chi connectivity index (χ2v) is 14.8. The highest BCUT2D eigenvalue weighted by Crippen LogP contribution is 2.37. The van der Waals surface area contributed by atoms with E-state index in [9.17, 15) is 0 Å². The number of rotatable bonds is 7. The first-order chi connectivity index (χ1) is 28.6. The molecule has 8 aromatic rings. The van der Waals surface area contributed by atoms with Crippen LogP contribution in [0.4, 0.5) is 0 Å². The third-order valence-electron chi connectivity index (χ3n) is 11.2. The molecule has 0 N–H and O–H groups in total. The van der Waals surface area contributed by atoms with Gasteiger partial charge in [0.1, 0.15) is 0 Å². The lowest BCUT2D eigenvalue weighted by Crippen LogP contribution is -2.03. The Morgan fingerprint density at radius 2 is 1.16 bits per heavy atom. The minimum Gasteiger partial charge on any atom is -0.264 e. The van der Waals surface area contributed by atoms with Crippen molar-refractivity contribution in [3.8, 4) is 34.6 Å². The van der Waals surface area contributed by atoms with Crippen LogP contribution in [0.3, 0.4) is 0 Å². The summed E-state index contributed by atoms with van der Waals surface area (Å²) >= 11 is 0. The van der Waals surface area contributed by atoms with E-state index in [0.717, 1.165) is 64.1 Å². The molecule has 0 radical (unpaired) electrons. The fourth-order valence-electron chi connectivity index (χ4n) is 8.14. The molecule has 0 fully saturated rings. The first kappa shape index (κ1) is 36.3. The van der Waals surface area contributed by atoms with Crippen molar-refractivity contribution in [3.05, 3.63) is 222 Å². The molecule has 0 amide bonds. The van der Waals surface area contributed by atoms with E-state index in [1.807, 2.05) is 18.3 Å². The van der Waals surface area contributed by atoms with Crippen LogP contribution in [-0.4, -0.2) is 10.7 Å². The third kappa shape index (κ3) is 7.47. The van der Waals surface area contributed by atoms with Crippen LogP contribution in [0.2, 0.25) is 0 Å². The van der Waals surface area contributed by atoms with Crippen molar-refractivity contribution in [3.63, 3.8) is 0 Å². The summed E-state index contributed by atoms with van der Waals surface area (Å²) in [5.41, 5.74) is 13.0. The van der Waals surface area contributed by atoms with E-state index in [0.29, 0.717) is 0 Å². The molecule has 276 valence electrons. The Kier molecular flexibility index (Phi) is 10.3. The van der Waals surface area contributed by atoms with Gasteiger partial charge in [-0.05, 0) is 139 Å². The Balaban J connectivity index is 1.11. The van der Waals surface area contributed by atoms with E-state index >= 15 is 0 Å². The Labute approximate surface area is 341 Å². The number of hydrogen-bond acceptors (Lipinski definition) is 2. The van der Waals surface area contributed by atoms with Gasteiger partial charge in [-0.15, -0.1) is 6.42 Å². The van der Waals surface area contributed by atoms with Crippen LogP contribution >= 0.6 is 0 Å². The minimum absolute atomic E-state index is 0.828. The zero-order valence-electron chi connectivity index (χ0n) is 32.6. The number of aromatic nitrogens is 1. The summed E-state index contributed by atoms with van der Waals surface area (Å²) in [6.45, 7) is 2.09. The highest BCUT2D eigenvalue weighted by atomic mass is 14.8. The number of pyridine rings is 1. The molecule has 0 spiro atoms. The van der Waals surface area contributed by atoms with Gasteiger partial charge in [0, 0.05) is 23.7 Å². The highest BCUT2D eigenvalue weighted by Gasteiger charge is 2.15. The van der Waals surface area contributed by atoms with Crippen LogP contribution in [0.1, 0.15) is 42.9 Å². The van der Waals surface area contributed by atoms with E-state index in [1.54, 1.807) is 6.20 Å². The van der Waals surface area contributed by atoms with Gasteiger partial charge >= 0.3 is 0 Å². The molecule has 1 aliphatic rings. The molecular weight excluding hydrogens is 701 g/mol. The van der Waals surface area contributed by atoms with Gasteiger partial charge in [0.15, 0.2) is 0 Å². The van der Waals surface area contributed by atoms with Gasteiger partial charge in [-0.2, -0.15) is 0 Å². The zero-order valence-corrected chi connectivity index (χ0v) is 32.6. The van der Waals surface area contributed by atoms with Crippen LogP contribution < -0.4 is 0 Å². The predicted molar refractivity (Wildman–Crippen MR) is 248 cm³/mol. The van der Waals surface area contributed by atoms with Crippen LogP contribution in [0.15, 0.2) is 211 Å². The second-order valence-electron chi connectivity index (χ2n) is 14.8. The number of aliphatic imine (C=N–C) groups is 1. The Morgan fingerprint density at radius 1 is 0.586 bits per heavy atom. The van der Waals surface area contributed by atoms with E-state index in [-0.39, 0.29) is 0 Å². The fourth-order valence-corrected chi connectivity index (χ4v) is 8.14. The standard InChI is InChI=1S/C56H42N2/c1-3-14-47(35-39(2)48-18-13-34-57-38-48)56-37-45(42-26-24-41(25-27-42)40-15-5-4-6-16-40)17-7-12-23-55(58-56)44-30-28-43(29-31-44)46-32-33-53-51-21-9-8-19-49(51)50-20-10-11-22-52(50)54(53)36-46/h1,4-6,8-11,13-22,24-38H,7,12,23H2,2H3/b39-35+,45-17+,47-14+,56-37+,58-55?. The van der Waals surface area contributed by atoms with Gasteiger partial charge in [-0.3, -0.25) is 9.98 Å². The molecule has 1 aliphatic heterocycles. The normalized spacial score (nSPS) is 15.7. The number of allylic oxidation sites excluding steroid dienone is 6. The largest absolute Gasteiger partial charge is 0.264 e. The molecule has 0 atom stereocenters. The molecule has 0 saturated carbocycles. The van der Waals surface area contributed by atoms with E-state index in [2.05, 4.69) is 188 Å². The molecule has 0 unspecified atom stereocenters. The topological polar surface area (TPSA) is 25.2 Å². The molecule has 0 aliphatic carbocycles. The second kappa shape index (κ2) is 16.4. The average Bonchev–Trinajstić information content (AvgIpc) is 3.40. The third-order valence-corrected chi connectivity index (χ3v) is 11.2. The first-order valence-corrected chi connectivity index (χ1v) is 20.0. The summed E-state index contributed by atoms with van der Waals surface area (Å²) in [4.78, 5) is 9.85. The Morgan fingerprint density at radius 3 is 1.81 bits per heavy atom. The van der Waals surface area contributed by atoms with Crippen molar-refractivity contribution in [2.75, 3.05) is 0 Å². The van der Waals surface area contributed by atoms with E-state index in [4.69, 9.17) is 11.4 Å². The molecule has 1 aromatic heterocycles. The molecule has 9 rings (SSSR count). The maximum absolute atomic E-state index is 6.02. The van der Waals surface area contributed by atoms with Crippen LogP contribution in [-0.2, 0) is 0 Å². The number of hydrogen-bond donors (Lipinski definition) is 0.